The van der Waals surface area contributed by atoms with Crippen molar-refractivity contribution in [3.05, 3.63) is 35.9 Å². The molecule has 2 amide bonds. The number of esters is 1. The first-order valence-corrected chi connectivity index (χ1v) is 9.00. The molecule has 0 bridgehead atoms. The molecule has 0 saturated heterocycles. The summed E-state index contributed by atoms with van der Waals surface area (Å²) in [6.07, 6.45) is -0.697. The highest BCUT2D eigenvalue weighted by Crippen LogP contribution is 2.09. The molecule has 2 N–H and O–H groups in total. The molecule has 27 heavy (non-hydrogen) atoms. The van der Waals surface area contributed by atoms with Gasteiger partial charge in [0.05, 0.1) is 0 Å². The van der Waals surface area contributed by atoms with Gasteiger partial charge >= 0.3 is 12.1 Å². The van der Waals surface area contributed by atoms with Crippen LogP contribution in [0.2, 0.25) is 0 Å². The number of carbonyl (C=O) groups excluding carboxylic acids is 3. The van der Waals surface area contributed by atoms with E-state index in [0.29, 0.717) is 0 Å². The molecular formula is C20H30N2O5. The average molecular weight is 378 g/mol. The second-order valence-corrected chi connectivity index (χ2v) is 7.69. The Morgan fingerprint density at radius 2 is 1.59 bits per heavy atom. The number of benzene rings is 1. The molecule has 0 aliphatic rings. The lowest BCUT2D eigenvalue weighted by molar-refractivity contribution is -0.158. The molecule has 0 spiro atoms. The zero-order valence-corrected chi connectivity index (χ0v) is 16.9. The summed E-state index contributed by atoms with van der Waals surface area (Å²) < 4.78 is 10.4. The van der Waals surface area contributed by atoms with Gasteiger partial charge in [-0.1, -0.05) is 44.2 Å². The van der Waals surface area contributed by atoms with Crippen LogP contribution in [0, 0.1) is 5.92 Å². The van der Waals surface area contributed by atoms with E-state index < -0.39 is 35.7 Å². The van der Waals surface area contributed by atoms with Gasteiger partial charge in [0.15, 0.2) is 0 Å². The van der Waals surface area contributed by atoms with E-state index in [1.54, 1.807) is 34.6 Å². The Morgan fingerprint density at radius 3 is 2.11 bits per heavy atom. The van der Waals surface area contributed by atoms with Crippen molar-refractivity contribution in [3.63, 3.8) is 0 Å². The Balaban J connectivity index is 2.59. The van der Waals surface area contributed by atoms with E-state index in [4.69, 9.17) is 9.47 Å². The Kier molecular flexibility index (Phi) is 8.28. The minimum atomic E-state index is -0.835. The molecule has 0 unspecified atom stereocenters. The molecule has 7 heteroatoms. The second kappa shape index (κ2) is 9.94. The number of carbonyl (C=O) groups is 3. The van der Waals surface area contributed by atoms with Crippen LogP contribution in [0.4, 0.5) is 4.79 Å². The molecule has 0 fully saturated rings. The Labute approximate surface area is 160 Å². The largest absolute Gasteiger partial charge is 0.458 e. The number of amides is 2. The first kappa shape index (κ1) is 22.5. The van der Waals surface area contributed by atoms with Crippen LogP contribution in [0.25, 0.3) is 0 Å². The lowest BCUT2D eigenvalue weighted by Gasteiger charge is -2.25. The maximum Gasteiger partial charge on any atom is 0.408 e. The summed E-state index contributed by atoms with van der Waals surface area (Å²) in [5.41, 5.74) is 0.198. The summed E-state index contributed by atoms with van der Waals surface area (Å²) in [5, 5.41) is 5.13. The average Bonchev–Trinajstić information content (AvgIpc) is 2.56. The minimum absolute atomic E-state index is 0.105. The van der Waals surface area contributed by atoms with Gasteiger partial charge in [0.1, 0.15) is 24.3 Å². The van der Waals surface area contributed by atoms with E-state index in [-0.39, 0.29) is 12.5 Å². The Morgan fingerprint density at radius 1 is 1.00 bits per heavy atom. The molecule has 150 valence electrons. The highest BCUT2D eigenvalue weighted by molar-refractivity contribution is 5.89. The van der Waals surface area contributed by atoms with Crippen molar-refractivity contribution in [1.29, 1.82) is 0 Å². The summed E-state index contributed by atoms with van der Waals surface area (Å²) in [7, 11) is 0. The van der Waals surface area contributed by atoms with E-state index in [2.05, 4.69) is 10.6 Å². The fourth-order valence-corrected chi connectivity index (χ4v) is 2.18. The predicted octanol–water partition coefficient (Wildman–Crippen LogP) is 2.78. The zero-order valence-electron chi connectivity index (χ0n) is 16.9. The molecule has 7 nitrogen and oxygen atoms in total. The molecule has 1 rings (SSSR count). The zero-order chi connectivity index (χ0) is 20.6. The third-order valence-electron chi connectivity index (χ3n) is 3.55. The highest BCUT2D eigenvalue weighted by Gasteiger charge is 2.29. The van der Waals surface area contributed by atoms with Crippen molar-refractivity contribution < 1.29 is 23.9 Å². The van der Waals surface area contributed by atoms with Crippen LogP contribution in [0.3, 0.4) is 0 Å². The third kappa shape index (κ3) is 8.57. The van der Waals surface area contributed by atoms with E-state index >= 15 is 0 Å². The molecule has 0 heterocycles. The summed E-state index contributed by atoms with van der Waals surface area (Å²) in [6, 6.07) is 7.57. The minimum Gasteiger partial charge on any atom is -0.458 e. The maximum atomic E-state index is 12.5. The lowest BCUT2D eigenvalue weighted by Crippen LogP contribution is -2.53. The molecule has 2 atom stereocenters. The molecule has 0 saturated carbocycles. The Bertz CT molecular complexity index is 638. The second-order valence-electron chi connectivity index (χ2n) is 7.69. The van der Waals surface area contributed by atoms with Gasteiger partial charge in [-0.25, -0.2) is 9.59 Å². The van der Waals surface area contributed by atoms with Crippen molar-refractivity contribution in [2.24, 2.45) is 5.92 Å². The molecule has 0 radical (unpaired) electrons. The van der Waals surface area contributed by atoms with Crippen LogP contribution in [-0.4, -0.2) is 35.7 Å². The molecule has 0 aliphatic heterocycles. The number of rotatable bonds is 7. The van der Waals surface area contributed by atoms with Crippen molar-refractivity contribution in [2.45, 2.75) is 65.8 Å². The predicted molar refractivity (Wildman–Crippen MR) is 102 cm³/mol. The van der Waals surface area contributed by atoms with Crippen LogP contribution in [0.5, 0.6) is 0 Å². The van der Waals surface area contributed by atoms with Gasteiger partial charge < -0.3 is 20.1 Å². The number of hydrogen-bond acceptors (Lipinski definition) is 5. The van der Waals surface area contributed by atoms with Crippen LogP contribution >= 0.6 is 0 Å². The van der Waals surface area contributed by atoms with Crippen LogP contribution < -0.4 is 10.6 Å². The van der Waals surface area contributed by atoms with Gasteiger partial charge in [0.25, 0.3) is 0 Å². The number of nitrogens with one attached hydrogen (secondary N) is 2. The quantitative estimate of drug-likeness (QED) is 0.712. The summed E-state index contributed by atoms with van der Waals surface area (Å²) in [5.74, 6) is -1.20. The van der Waals surface area contributed by atoms with Crippen molar-refractivity contribution in [3.8, 4) is 0 Å². The molecule has 0 aliphatic carbocycles. The SMILES string of the molecule is CC(C)[C@H](NC(=O)OCc1ccccc1)C(=O)N[C@@H](C)C(=O)OC(C)(C)C. The number of alkyl carbamates (subject to hydrolysis) is 1. The monoisotopic (exact) mass is 378 g/mol. The van der Waals surface area contributed by atoms with Gasteiger partial charge in [-0.05, 0) is 39.2 Å². The van der Waals surface area contributed by atoms with E-state index in [9.17, 15) is 14.4 Å². The van der Waals surface area contributed by atoms with Crippen molar-refractivity contribution in [1.82, 2.24) is 10.6 Å². The first-order chi connectivity index (χ1) is 12.5. The van der Waals surface area contributed by atoms with Gasteiger partial charge in [0, 0.05) is 0 Å². The molecule has 1 aromatic carbocycles. The molecule has 1 aromatic rings. The normalized spacial score (nSPS) is 13.4. The van der Waals surface area contributed by atoms with Crippen LogP contribution in [0.1, 0.15) is 47.1 Å². The van der Waals surface area contributed by atoms with Crippen LogP contribution in [-0.2, 0) is 25.7 Å². The highest BCUT2D eigenvalue weighted by atomic mass is 16.6. The fourth-order valence-electron chi connectivity index (χ4n) is 2.18. The standard InChI is InChI=1S/C20H30N2O5/c1-13(2)16(17(23)21-14(3)18(24)27-20(4,5)6)22-19(25)26-12-15-10-8-7-9-11-15/h7-11,13-14,16H,12H2,1-6H3,(H,21,23)(H,22,25)/t14-,16-/m0/s1. The van der Waals surface area contributed by atoms with Crippen LogP contribution in [0.15, 0.2) is 30.3 Å². The first-order valence-electron chi connectivity index (χ1n) is 9.00. The topological polar surface area (TPSA) is 93.7 Å². The molecule has 0 aromatic heterocycles. The fraction of sp³-hybridized carbons (Fsp3) is 0.550. The summed E-state index contributed by atoms with van der Waals surface area (Å²) in [6.45, 7) is 10.5. The summed E-state index contributed by atoms with van der Waals surface area (Å²) >= 11 is 0. The van der Waals surface area contributed by atoms with E-state index in [1.807, 2.05) is 30.3 Å². The van der Waals surface area contributed by atoms with Gasteiger partial charge in [-0.2, -0.15) is 0 Å². The number of hydrogen-bond donors (Lipinski definition) is 2. The van der Waals surface area contributed by atoms with Gasteiger partial charge in [-0.3, -0.25) is 4.79 Å². The van der Waals surface area contributed by atoms with Crippen molar-refractivity contribution >= 4 is 18.0 Å². The Hall–Kier alpha value is -2.57. The third-order valence-corrected chi connectivity index (χ3v) is 3.55. The van der Waals surface area contributed by atoms with Gasteiger partial charge in [0.2, 0.25) is 5.91 Å². The lowest BCUT2D eigenvalue weighted by atomic mass is 10.0. The molecular weight excluding hydrogens is 348 g/mol. The van der Waals surface area contributed by atoms with E-state index in [1.165, 1.54) is 6.92 Å². The number of ether oxygens (including phenoxy) is 2. The van der Waals surface area contributed by atoms with Crippen molar-refractivity contribution in [2.75, 3.05) is 0 Å². The maximum absolute atomic E-state index is 12.5. The van der Waals surface area contributed by atoms with E-state index in [0.717, 1.165) is 5.56 Å². The smallest absolute Gasteiger partial charge is 0.408 e. The van der Waals surface area contributed by atoms with Gasteiger partial charge in [-0.15, -0.1) is 0 Å². The summed E-state index contributed by atoms with van der Waals surface area (Å²) in [4.78, 5) is 36.5.